The number of hydrogen-bond acceptors (Lipinski definition) is 6. The van der Waals surface area contributed by atoms with Gasteiger partial charge < -0.3 is 16.1 Å². The number of nitrogens with zero attached hydrogens (tertiary/aromatic N) is 2. The summed E-state index contributed by atoms with van der Waals surface area (Å²) in [5, 5.41) is 7.94. The van der Waals surface area contributed by atoms with Crippen LogP contribution in [0.15, 0.2) is 42.6 Å². The van der Waals surface area contributed by atoms with Gasteiger partial charge in [0.05, 0.1) is 11.1 Å². The van der Waals surface area contributed by atoms with E-state index in [-0.39, 0.29) is 5.91 Å². The quantitative estimate of drug-likeness (QED) is 0.184. The number of nitrogen functional groups attached to an aromatic ring is 1. The van der Waals surface area contributed by atoms with Gasteiger partial charge in [-0.05, 0) is 55.9 Å². The molecular weight excluding hydrogens is 412 g/mol. The van der Waals surface area contributed by atoms with Gasteiger partial charge in [-0.15, -0.1) is 0 Å². The highest BCUT2D eigenvalue weighted by atomic mass is 16.1. The molecule has 0 unspecified atom stereocenters. The van der Waals surface area contributed by atoms with Gasteiger partial charge in [-0.3, -0.25) is 9.78 Å². The van der Waals surface area contributed by atoms with E-state index in [0.717, 1.165) is 37.7 Å². The zero-order valence-electron chi connectivity index (χ0n) is 19.2. The number of aryl methyl sites for hydroxylation is 1. The van der Waals surface area contributed by atoms with Crippen LogP contribution in [0.25, 0.3) is 10.9 Å². The number of aromatic nitrogens is 2. The van der Waals surface area contributed by atoms with Crippen molar-refractivity contribution in [3.63, 3.8) is 0 Å². The highest BCUT2D eigenvalue weighted by Gasteiger charge is 2.19. The molecule has 0 aliphatic heterocycles. The van der Waals surface area contributed by atoms with Crippen molar-refractivity contribution in [2.24, 2.45) is 5.84 Å². The molecule has 1 aliphatic carbocycles. The summed E-state index contributed by atoms with van der Waals surface area (Å²) in [5.41, 5.74) is 8.13. The fourth-order valence-corrected chi connectivity index (χ4v) is 4.50. The number of hydrogen-bond donors (Lipinski definition) is 4. The van der Waals surface area contributed by atoms with Crippen LogP contribution in [0.4, 0.5) is 11.5 Å². The average molecular weight is 447 g/mol. The molecule has 5 N–H and O–H groups in total. The highest BCUT2D eigenvalue weighted by Crippen LogP contribution is 2.33. The first-order valence-electron chi connectivity index (χ1n) is 12.1. The molecule has 0 saturated carbocycles. The molecule has 3 aromatic rings. The van der Waals surface area contributed by atoms with Crippen LogP contribution < -0.4 is 21.9 Å². The Labute approximate surface area is 195 Å². The molecule has 0 bridgehead atoms. The summed E-state index contributed by atoms with van der Waals surface area (Å²) in [7, 11) is 0. The fourth-order valence-electron chi connectivity index (χ4n) is 4.50. The second-order valence-corrected chi connectivity index (χ2v) is 8.66. The predicted octanol–water partition coefficient (Wildman–Crippen LogP) is 4.59. The summed E-state index contributed by atoms with van der Waals surface area (Å²) in [5.74, 6) is 5.74. The summed E-state index contributed by atoms with van der Waals surface area (Å²) in [6.07, 6.45) is 11.9. The fraction of sp³-hybridized carbons (Fsp3) is 0.423. The largest absolute Gasteiger partial charge is 0.384 e. The van der Waals surface area contributed by atoms with Gasteiger partial charge in [-0.25, -0.2) is 10.8 Å². The number of amides is 1. The topological polar surface area (TPSA) is 105 Å². The molecule has 4 rings (SSSR count). The van der Waals surface area contributed by atoms with Crippen molar-refractivity contribution in [1.82, 2.24) is 15.3 Å². The summed E-state index contributed by atoms with van der Waals surface area (Å²) in [6.45, 7) is 1.69. The zero-order valence-corrected chi connectivity index (χ0v) is 19.2. The van der Waals surface area contributed by atoms with E-state index in [1.807, 2.05) is 0 Å². The average Bonchev–Trinajstić information content (AvgIpc) is 3.32. The van der Waals surface area contributed by atoms with Crippen LogP contribution >= 0.6 is 0 Å². The second-order valence-electron chi connectivity index (χ2n) is 8.66. The van der Waals surface area contributed by atoms with Crippen LogP contribution in [0, 0.1) is 0 Å². The molecule has 2 aromatic heterocycles. The number of carbonyl (C=O) groups excluding carboxylic acids is 1. The van der Waals surface area contributed by atoms with E-state index in [9.17, 15) is 4.79 Å². The number of pyridine rings is 2. The van der Waals surface area contributed by atoms with Gasteiger partial charge in [-0.2, -0.15) is 0 Å². The Kier molecular flexibility index (Phi) is 8.09. The van der Waals surface area contributed by atoms with E-state index in [1.165, 1.54) is 60.6 Å². The molecule has 0 spiro atoms. The Morgan fingerprint density at radius 2 is 1.73 bits per heavy atom. The third-order valence-electron chi connectivity index (χ3n) is 6.28. The van der Waals surface area contributed by atoms with Gasteiger partial charge in [0.25, 0.3) is 5.91 Å². The van der Waals surface area contributed by atoms with Gasteiger partial charge in [0.1, 0.15) is 5.82 Å². The lowest BCUT2D eigenvalue weighted by Gasteiger charge is -2.14. The maximum Gasteiger partial charge on any atom is 0.252 e. The first kappa shape index (κ1) is 23.0. The van der Waals surface area contributed by atoms with Gasteiger partial charge in [0.2, 0.25) is 0 Å². The maximum absolute atomic E-state index is 12.1. The Morgan fingerprint density at radius 1 is 0.939 bits per heavy atom. The Balaban J connectivity index is 1.10. The molecule has 1 aliphatic rings. The Hall–Kier alpha value is -3.19. The van der Waals surface area contributed by atoms with Crippen LogP contribution in [0.1, 0.15) is 66.6 Å². The Bertz CT molecular complexity index is 1070. The molecule has 0 atom stereocenters. The van der Waals surface area contributed by atoms with Crippen molar-refractivity contribution in [2.45, 2.75) is 57.8 Å². The van der Waals surface area contributed by atoms with Crippen LogP contribution in [0.3, 0.4) is 0 Å². The number of hydrazine groups is 1. The van der Waals surface area contributed by atoms with E-state index in [1.54, 1.807) is 12.1 Å². The number of benzene rings is 1. The summed E-state index contributed by atoms with van der Waals surface area (Å²) < 4.78 is 0. The Morgan fingerprint density at radius 3 is 2.52 bits per heavy atom. The molecule has 0 saturated heterocycles. The number of rotatable bonds is 12. The molecule has 0 radical (unpaired) electrons. The van der Waals surface area contributed by atoms with Gasteiger partial charge in [0.15, 0.2) is 0 Å². The minimum Gasteiger partial charge on any atom is -0.384 e. The maximum atomic E-state index is 12.1. The minimum absolute atomic E-state index is 0.0905. The van der Waals surface area contributed by atoms with Crippen molar-refractivity contribution in [1.29, 1.82) is 0 Å². The lowest BCUT2D eigenvalue weighted by atomic mass is 10.1. The number of fused-ring (bicyclic) bond motifs is 2. The third-order valence-corrected chi connectivity index (χ3v) is 6.28. The molecule has 174 valence electrons. The van der Waals surface area contributed by atoms with E-state index in [0.29, 0.717) is 17.9 Å². The summed E-state index contributed by atoms with van der Waals surface area (Å²) >= 11 is 0. The molecule has 2 heterocycles. The number of anilines is 2. The van der Waals surface area contributed by atoms with Gasteiger partial charge in [-0.1, -0.05) is 43.9 Å². The van der Waals surface area contributed by atoms with E-state index < -0.39 is 0 Å². The predicted molar refractivity (Wildman–Crippen MR) is 134 cm³/mol. The van der Waals surface area contributed by atoms with Gasteiger partial charge >= 0.3 is 0 Å². The van der Waals surface area contributed by atoms with Crippen molar-refractivity contribution in [3.8, 4) is 0 Å². The van der Waals surface area contributed by atoms with Crippen molar-refractivity contribution < 1.29 is 4.79 Å². The molecular formula is C26H34N6O. The first-order chi connectivity index (χ1) is 16.3. The number of nitrogens with two attached hydrogens (primary N) is 1. The van der Waals surface area contributed by atoms with Crippen molar-refractivity contribution in [3.05, 3.63) is 59.4 Å². The zero-order chi connectivity index (χ0) is 22.9. The number of unbranched alkanes of at least 4 members (excludes halogenated alkanes) is 5. The summed E-state index contributed by atoms with van der Waals surface area (Å²) in [4.78, 5) is 21.0. The smallest absolute Gasteiger partial charge is 0.252 e. The minimum atomic E-state index is -0.0905. The normalized spacial score (nSPS) is 12.5. The highest BCUT2D eigenvalue weighted by molar-refractivity contribution is 5.94. The number of carbonyl (C=O) groups is 1. The number of nitrogens with one attached hydrogen (secondary N) is 3. The lowest BCUT2D eigenvalue weighted by Crippen LogP contribution is -2.24. The van der Waals surface area contributed by atoms with Crippen LogP contribution in [0.2, 0.25) is 0 Å². The first-order valence-corrected chi connectivity index (χ1v) is 12.1. The number of para-hydroxylation sites is 1. The van der Waals surface area contributed by atoms with Crippen LogP contribution in [-0.4, -0.2) is 29.0 Å². The lowest BCUT2D eigenvalue weighted by molar-refractivity contribution is 0.0952. The molecule has 1 aromatic carbocycles. The second kappa shape index (κ2) is 11.6. The van der Waals surface area contributed by atoms with Crippen molar-refractivity contribution in [2.75, 3.05) is 23.8 Å². The van der Waals surface area contributed by atoms with Crippen LogP contribution in [0.5, 0.6) is 0 Å². The molecule has 1 amide bonds. The van der Waals surface area contributed by atoms with E-state index >= 15 is 0 Å². The van der Waals surface area contributed by atoms with Gasteiger partial charge in [0, 0.05) is 36.1 Å². The molecule has 7 heteroatoms. The van der Waals surface area contributed by atoms with E-state index in [4.69, 9.17) is 10.8 Å². The van der Waals surface area contributed by atoms with Crippen molar-refractivity contribution >= 4 is 28.3 Å². The van der Waals surface area contributed by atoms with Crippen LogP contribution in [-0.2, 0) is 12.8 Å². The standard InChI is InChI=1S/C26H34N6O/c27-32-24-15-14-19(18-30-24)26(33)29-17-8-4-2-1-3-7-16-28-25-20-10-5-6-12-22(20)31-23-13-9-11-21(23)25/h5-6,10,12,14-15,18H,1-4,7-9,11,13,16-17,27H2,(H,28,31)(H,29,33)(H,30,32). The monoisotopic (exact) mass is 446 g/mol. The van der Waals surface area contributed by atoms with E-state index in [2.05, 4.69) is 45.3 Å². The SMILES string of the molecule is NNc1ccc(C(=O)NCCCCCCCCNc2c3c(nc4ccccc24)CCC3)cn1. The summed E-state index contributed by atoms with van der Waals surface area (Å²) in [6, 6.07) is 11.9. The molecule has 7 nitrogen and oxygen atoms in total. The molecule has 33 heavy (non-hydrogen) atoms. The third kappa shape index (κ3) is 5.99. The molecule has 0 fully saturated rings.